The van der Waals surface area contributed by atoms with Gasteiger partial charge >= 0.3 is 0 Å². The molecule has 1 saturated heterocycles. The number of aromatic nitrogens is 5. The number of aryl methyl sites for hydroxylation is 2. The summed E-state index contributed by atoms with van der Waals surface area (Å²) >= 11 is 12.7. The van der Waals surface area contributed by atoms with Gasteiger partial charge in [-0.3, -0.25) is 4.68 Å². The van der Waals surface area contributed by atoms with Crippen molar-refractivity contribution in [3.8, 4) is 0 Å². The topological polar surface area (TPSA) is 97.4 Å². The number of anilines is 1. The van der Waals surface area contributed by atoms with Gasteiger partial charge in [0.1, 0.15) is 23.7 Å². The van der Waals surface area contributed by atoms with Gasteiger partial charge in [-0.25, -0.2) is 13.4 Å². The first kappa shape index (κ1) is 25.3. The van der Waals surface area contributed by atoms with Crippen LogP contribution in [0.5, 0.6) is 0 Å². The van der Waals surface area contributed by atoms with Crippen LogP contribution >= 0.6 is 23.2 Å². The molecular formula is C23H26BCl2N7O2S. The Kier molecular flexibility index (Phi) is 6.93. The predicted molar refractivity (Wildman–Crippen MR) is 142 cm³/mol. The molecule has 4 heterocycles. The minimum Gasteiger partial charge on any atom is -0.370 e. The minimum absolute atomic E-state index is 0.0935. The molecule has 9 nitrogen and oxygen atoms in total. The third-order valence-corrected chi connectivity index (χ3v) is 9.71. The molecule has 3 aromatic heterocycles. The van der Waals surface area contributed by atoms with E-state index in [0.29, 0.717) is 49.3 Å². The van der Waals surface area contributed by atoms with Gasteiger partial charge in [-0.2, -0.15) is 19.0 Å². The van der Waals surface area contributed by atoms with Gasteiger partial charge in [0.05, 0.1) is 11.4 Å². The van der Waals surface area contributed by atoms with Crippen molar-refractivity contribution < 1.29 is 8.42 Å². The standard InChI is InChI=1S/C23H26BCl2N7O2S/c1-14-21(22(26)31(2)30-14)36(34,35)32-9-7-15(8-10-32)12-27-20-11-19(16-5-3-4-6-18(16)25)29-23-17(24)13-28-33(20)23/h3,5,11,13,15,27H,4,6-10,12H2,1-2H3. The second-order valence-corrected chi connectivity index (χ2v) is 11.9. The van der Waals surface area contributed by atoms with E-state index in [4.69, 9.17) is 36.0 Å². The van der Waals surface area contributed by atoms with Crippen LogP contribution in [0.15, 0.2) is 34.3 Å². The first-order valence-corrected chi connectivity index (χ1v) is 14.0. The first-order chi connectivity index (χ1) is 17.2. The molecule has 1 N–H and O–H groups in total. The molecule has 0 spiro atoms. The smallest absolute Gasteiger partial charge is 0.248 e. The van der Waals surface area contributed by atoms with Gasteiger partial charge in [-0.15, -0.1) is 0 Å². The van der Waals surface area contributed by atoms with Crippen LogP contribution in [-0.4, -0.2) is 64.6 Å². The lowest BCUT2D eigenvalue weighted by Crippen LogP contribution is -2.40. The molecule has 0 aromatic carbocycles. The Balaban J connectivity index is 1.31. The number of fused-ring (bicyclic) bond motifs is 1. The Morgan fingerprint density at radius 2 is 2.00 bits per heavy atom. The third-order valence-electron chi connectivity index (χ3n) is 6.73. The molecule has 2 aliphatic rings. The maximum Gasteiger partial charge on any atom is 0.248 e. The molecule has 0 unspecified atom stereocenters. The van der Waals surface area contributed by atoms with Gasteiger partial charge in [0, 0.05) is 49.6 Å². The van der Waals surface area contributed by atoms with E-state index in [1.807, 2.05) is 12.1 Å². The zero-order valence-corrected chi connectivity index (χ0v) is 22.4. The van der Waals surface area contributed by atoms with Gasteiger partial charge in [-0.05, 0) is 44.0 Å². The number of nitrogens with zero attached hydrogens (tertiary/aromatic N) is 6. The Hall–Kier alpha value is -2.34. The molecule has 0 bridgehead atoms. The van der Waals surface area contributed by atoms with Crippen LogP contribution < -0.4 is 10.8 Å². The van der Waals surface area contributed by atoms with Crippen LogP contribution in [0.2, 0.25) is 5.15 Å². The molecule has 1 aliphatic carbocycles. The van der Waals surface area contributed by atoms with E-state index in [-0.39, 0.29) is 16.0 Å². The van der Waals surface area contributed by atoms with E-state index in [2.05, 4.69) is 21.6 Å². The molecule has 188 valence electrons. The average molecular weight is 546 g/mol. The van der Waals surface area contributed by atoms with E-state index >= 15 is 0 Å². The summed E-state index contributed by atoms with van der Waals surface area (Å²) in [6.07, 6.45) is 8.78. The molecule has 1 aliphatic heterocycles. The van der Waals surface area contributed by atoms with E-state index in [1.54, 1.807) is 24.7 Å². The third kappa shape index (κ3) is 4.58. The van der Waals surface area contributed by atoms with Crippen molar-refractivity contribution in [1.29, 1.82) is 0 Å². The van der Waals surface area contributed by atoms with Crippen molar-refractivity contribution in [2.45, 2.75) is 37.5 Å². The van der Waals surface area contributed by atoms with E-state index < -0.39 is 10.0 Å². The van der Waals surface area contributed by atoms with Crippen LogP contribution in [0.3, 0.4) is 0 Å². The lowest BCUT2D eigenvalue weighted by Gasteiger charge is -2.31. The highest BCUT2D eigenvalue weighted by molar-refractivity contribution is 7.89. The Morgan fingerprint density at radius 3 is 2.67 bits per heavy atom. The Morgan fingerprint density at radius 1 is 1.25 bits per heavy atom. The zero-order chi connectivity index (χ0) is 25.6. The molecule has 13 heteroatoms. The first-order valence-electron chi connectivity index (χ1n) is 11.8. The number of hydrogen-bond donors (Lipinski definition) is 1. The molecule has 36 heavy (non-hydrogen) atoms. The number of allylic oxidation sites excluding steroid dienone is 4. The summed E-state index contributed by atoms with van der Waals surface area (Å²) in [5.41, 5.74) is 3.08. The molecule has 5 rings (SSSR count). The Labute approximate surface area is 221 Å². The number of sulfonamides is 1. The summed E-state index contributed by atoms with van der Waals surface area (Å²) in [6, 6.07) is 1.93. The number of piperidine rings is 1. The fourth-order valence-electron chi connectivity index (χ4n) is 4.74. The summed E-state index contributed by atoms with van der Waals surface area (Å²) in [6.45, 7) is 3.14. The molecular weight excluding hydrogens is 520 g/mol. The lowest BCUT2D eigenvalue weighted by molar-refractivity contribution is 0.282. The van der Waals surface area contributed by atoms with Crippen LogP contribution in [0.4, 0.5) is 5.82 Å². The lowest BCUT2D eigenvalue weighted by atomic mass is 9.98. The summed E-state index contributed by atoms with van der Waals surface area (Å²) in [5.74, 6) is 1.04. The molecule has 1 fully saturated rings. The fourth-order valence-corrected chi connectivity index (χ4v) is 7.18. The second-order valence-electron chi connectivity index (χ2n) is 9.18. The van der Waals surface area contributed by atoms with Gasteiger partial charge in [0.2, 0.25) is 10.0 Å². The predicted octanol–water partition coefficient (Wildman–Crippen LogP) is 3.03. The highest BCUT2D eigenvalue weighted by atomic mass is 35.5. The van der Waals surface area contributed by atoms with Crippen molar-refractivity contribution in [2.75, 3.05) is 25.0 Å². The zero-order valence-electron chi connectivity index (χ0n) is 20.1. The van der Waals surface area contributed by atoms with Crippen LogP contribution in [-0.2, 0) is 17.1 Å². The van der Waals surface area contributed by atoms with Crippen LogP contribution in [0.25, 0.3) is 11.2 Å². The SMILES string of the molecule is [B]c1cnn2c(NCC3CCN(S(=O)(=O)c4c(C)nn(C)c4Cl)CC3)cc(C3=C(Cl)CCC=C3)nc12. The maximum atomic E-state index is 13.2. The van der Waals surface area contributed by atoms with E-state index in [1.165, 1.54) is 8.99 Å². The molecule has 0 amide bonds. The summed E-state index contributed by atoms with van der Waals surface area (Å²) in [7, 11) is 4.06. The molecule has 3 aromatic rings. The highest BCUT2D eigenvalue weighted by Gasteiger charge is 2.34. The summed E-state index contributed by atoms with van der Waals surface area (Å²) in [4.78, 5) is 4.79. The molecule has 0 atom stereocenters. The average Bonchev–Trinajstić information content (AvgIpc) is 3.36. The number of hydrogen-bond acceptors (Lipinski definition) is 6. The maximum absolute atomic E-state index is 13.2. The van der Waals surface area contributed by atoms with Gasteiger partial charge in [0.15, 0.2) is 5.65 Å². The van der Waals surface area contributed by atoms with E-state index in [0.717, 1.165) is 35.0 Å². The van der Waals surface area contributed by atoms with Crippen molar-refractivity contribution in [3.05, 3.63) is 46.0 Å². The summed E-state index contributed by atoms with van der Waals surface area (Å²) in [5, 5.41) is 12.9. The van der Waals surface area contributed by atoms with Gasteiger partial charge < -0.3 is 5.32 Å². The number of halogens is 2. The van der Waals surface area contributed by atoms with Gasteiger partial charge in [0.25, 0.3) is 0 Å². The van der Waals surface area contributed by atoms with Gasteiger partial charge in [-0.1, -0.05) is 35.4 Å². The normalized spacial score (nSPS) is 17.9. The van der Waals surface area contributed by atoms with Crippen LogP contribution in [0.1, 0.15) is 37.1 Å². The highest BCUT2D eigenvalue weighted by Crippen LogP contribution is 2.32. The molecule has 2 radical (unpaired) electrons. The molecule has 0 saturated carbocycles. The fraction of sp³-hybridized carbons (Fsp3) is 0.435. The van der Waals surface area contributed by atoms with Crippen molar-refractivity contribution in [1.82, 2.24) is 28.7 Å². The number of nitrogens with one attached hydrogen (secondary N) is 1. The summed E-state index contributed by atoms with van der Waals surface area (Å²) < 4.78 is 31.0. The van der Waals surface area contributed by atoms with Crippen molar-refractivity contribution >= 4 is 63.6 Å². The van der Waals surface area contributed by atoms with E-state index in [9.17, 15) is 8.42 Å². The van der Waals surface area contributed by atoms with Crippen LogP contribution in [0, 0.1) is 12.8 Å². The quantitative estimate of drug-likeness (QED) is 0.478. The second kappa shape index (κ2) is 9.85. The van der Waals surface area contributed by atoms with Crippen molar-refractivity contribution in [3.63, 3.8) is 0 Å². The van der Waals surface area contributed by atoms with Crippen molar-refractivity contribution in [2.24, 2.45) is 13.0 Å². The Bertz CT molecular complexity index is 1490. The number of rotatable bonds is 6. The largest absolute Gasteiger partial charge is 0.370 e. The minimum atomic E-state index is -3.71. The monoisotopic (exact) mass is 545 g/mol.